The van der Waals surface area contributed by atoms with E-state index in [2.05, 4.69) is 16.5 Å². The SMILES string of the molecule is COc1cc(NCc2cc(C)nn2C)cc(OC)c1. The van der Waals surface area contributed by atoms with Gasteiger partial charge in [0, 0.05) is 30.9 Å². The highest BCUT2D eigenvalue weighted by molar-refractivity contribution is 5.53. The first kappa shape index (κ1) is 13.3. The second-order valence-electron chi connectivity index (χ2n) is 4.36. The number of aryl methyl sites for hydroxylation is 2. The number of hydrogen-bond acceptors (Lipinski definition) is 4. The molecule has 0 saturated heterocycles. The van der Waals surface area contributed by atoms with Crippen molar-refractivity contribution in [2.24, 2.45) is 7.05 Å². The van der Waals surface area contributed by atoms with Crippen LogP contribution in [0.1, 0.15) is 11.4 Å². The number of nitrogens with zero attached hydrogens (tertiary/aromatic N) is 2. The monoisotopic (exact) mass is 261 g/mol. The molecule has 1 aromatic carbocycles. The molecule has 0 unspecified atom stereocenters. The van der Waals surface area contributed by atoms with Crippen LogP contribution in [0.15, 0.2) is 24.3 Å². The summed E-state index contributed by atoms with van der Waals surface area (Å²) in [5.41, 5.74) is 3.09. The highest BCUT2D eigenvalue weighted by Gasteiger charge is 2.04. The molecule has 1 aromatic heterocycles. The zero-order chi connectivity index (χ0) is 13.8. The molecule has 0 aliphatic heterocycles. The summed E-state index contributed by atoms with van der Waals surface area (Å²) < 4.78 is 12.4. The minimum atomic E-state index is 0.702. The van der Waals surface area contributed by atoms with Crippen LogP contribution in [0.3, 0.4) is 0 Å². The van der Waals surface area contributed by atoms with Gasteiger partial charge in [0.2, 0.25) is 0 Å². The van der Waals surface area contributed by atoms with Crippen molar-refractivity contribution >= 4 is 5.69 Å². The van der Waals surface area contributed by atoms with Crippen molar-refractivity contribution in [1.82, 2.24) is 9.78 Å². The topological polar surface area (TPSA) is 48.3 Å². The first-order valence-electron chi connectivity index (χ1n) is 6.09. The Kier molecular flexibility index (Phi) is 3.94. The summed E-state index contributed by atoms with van der Waals surface area (Å²) in [5, 5.41) is 7.66. The molecule has 1 heterocycles. The summed E-state index contributed by atoms with van der Waals surface area (Å²) in [6, 6.07) is 7.78. The van der Waals surface area contributed by atoms with Gasteiger partial charge in [-0.15, -0.1) is 0 Å². The molecule has 2 aromatic rings. The van der Waals surface area contributed by atoms with Gasteiger partial charge in [0.05, 0.1) is 32.2 Å². The standard InChI is InChI=1S/C14H19N3O2/c1-10-5-12(17(2)16-10)9-15-11-6-13(18-3)8-14(7-11)19-4/h5-8,15H,9H2,1-4H3. The van der Waals surface area contributed by atoms with Gasteiger partial charge in [0.15, 0.2) is 0 Å². The third kappa shape index (κ3) is 3.19. The van der Waals surface area contributed by atoms with Gasteiger partial charge < -0.3 is 14.8 Å². The second-order valence-corrected chi connectivity index (χ2v) is 4.36. The summed E-state index contributed by atoms with van der Waals surface area (Å²) in [5.74, 6) is 1.53. The van der Waals surface area contributed by atoms with E-state index in [0.717, 1.165) is 28.6 Å². The van der Waals surface area contributed by atoms with Crippen LogP contribution >= 0.6 is 0 Å². The fourth-order valence-corrected chi connectivity index (χ4v) is 1.93. The number of rotatable bonds is 5. The zero-order valence-electron chi connectivity index (χ0n) is 11.7. The molecule has 0 fully saturated rings. The van der Waals surface area contributed by atoms with E-state index in [4.69, 9.17) is 9.47 Å². The lowest BCUT2D eigenvalue weighted by molar-refractivity contribution is 0.394. The van der Waals surface area contributed by atoms with Crippen molar-refractivity contribution < 1.29 is 9.47 Å². The van der Waals surface area contributed by atoms with Gasteiger partial charge >= 0.3 is 0 Å². The number of anilines is 1. The van der Waals surface area contributed by atoms with E-state index >= 15 is 0 Å². The van der Waals surface area contributed by atoms with Crippen LogP contribution in [-0.4, -0.2) is 24.0 Å². The van der Waals surface area contributed by atoms with Crippen molar-refractivity contribution in [3.8, 4) is 11.5 Å². The Balaban J connectivity index is 2.12. The Labute approximate surface area is 113 Å². The predicted molar refractivity (Wildman–Crippen MR) is 74.8 cm³/mol. The summed E-state index contributed by atoms with van der Waals surface area (Å²) in [4.78, 5) is 0. The van der Waals surface area contributed by atoms with E-state index in [9.17, 15) is 0 Å². The normalized spacial score (nSPS) is 10.3. The van der Waals surface area contributed by atoms with E-state index in [0.29, 0.717) is 6.54 Å². The van der Waals surface area contributed by atoms with Gasteiger partial charge in [0.25, 0.3) is 0 Å². The van der Waals surface area contributed by atoms with Crippen LogP contribution in [0.5, 0.6) is 11.5 Å². The molecule has 0 aliphatic rings. The molecule has 0 aliphatic carbocycles. The number of hydrogen-bond donors (Lipinski definition) is 1. The average Bonchev–Trinajstić information content (AvgIpc) is 2.74. The largest absolute Gasteiger partial charge is 0.497 e. The Morgan fingerprint density at radius 2 is 1.74 bits per heavy atom. The van der Waals surface area contributed by atoms with Gasteiger partial charge in [-0.1, -0.05) is 0 Å². The van der Waals surface area contributed by atoms with Crippen molar-refractivity contribution in [3.63, 3.8) is 0 Å². The molecule has 2 rings (SSSR count). The maximum absolute atomic E-state index is 5.24. The average molecular weight is 261 g/mol. The Morgan fingerprint density at radius 3 is 2.21 bits per heavy atom. The fraction of sp³-hybridized carbons (Fsp3) is 0.357. The van der Waals surface area contributed by atoms with Gasteiger partial charge in [-0.2, -0.15) is 5.10 Å². The lowest BCUT2D eigenvalue weighted by atomic mass is 10.2. The molecular formula is C14H19N3O2. The van der Waals surface area contributed by atoms with Crippen LogP contribution in [0.2, 0.25) is 0 Å². The molecule has 1 N–H and O–H groups in total. The lowest BCUT2D eigenvalue weighted by Crippen LogP contribution is -2.05. The smallest absolute Gasteiger partial charge is 0.124 e. The van der Waals surface area contributed by atoms with Crippen LogP contribution < -0.4 is 14.8 Å². The molecule has 5 nitrogen and oxygen atoms in total. The van der Waals surface area contributed by atoms with Crippen molar-refractivity contribution in [3.05, 3.63) is 35.7 Å². The number of ether oxygens (including phenoxy) is 2. The quantitative estimate of drug-likeness (QED) is 0.897. The number of nitrogens with one attached hydrogen (secondary N) is 1. The third-order valence-corrected chi connectivity index (χ3v) is 2.92. The first-order chi connectivity index (χ1) is 9.12. The van der Waals surface area contributed by atoms with Gasteiger partial charge in [-0.3, -0.25) is 4.68 Å². The number of benzene rings is 1. The second kappa shape index (κ2) is 5.65. The molecular weight excluding hydrogens is 242 g/mol. The molecule has 0 bridgehead atoms. The summed E-state index contributed by atoms with van der Waals surface area (Å²) in [6.45, 7) is 2.69. The van der Waals surface area contributed by atoms with Gasteiger partial charge in [-0.25, -0.2) is 0 Å². The Morgan fingerprint density at radius 1 is 1.11 bits per heavy atom. The number of methoxy groups -OCH3 is 2. The van der Waals surface area contributed by atoms with E-state index in [1.54, 1.807) is 14.2 Å². The summed E-state index contributed by atoms with van der Waals surface area (Å²) >= 11 is 0. The van der Waals surface area contributed by atoms with E-state index in [1.807, 2.05) is 36.9 Å². The van der Waals surface area contributed by atoms with Crippen molar-refractivity contribution in [2.45, 2.75) is 13.5 Å². The minimum absolute atomic E-state index is 0.702. The first-order valence-corrected chi connectivity index (χ1v) is 6.09. The van der Waals surface area contributed by atoms with Crippen LogP contribution in [0, 0.1) is 6.92 Å². The van der Waals surface area contributed by atoms with E-state index < -0.39 is 0 Å². The molecule has 5 heteroatoms. The van der Waals surface area contributed by atoms with E-state index in [1.165, 1.54) is 0 Å². The molecule has 19 heavy (non-hydrogen) atoms. The predicted octanol–water partition coefficient (Wildman–Crippen LogP) is 2.36. The van der Waals surface area contributed by atoms with Gasteiger partial charge in [0.1, 0.15) is 11.5 Å². The minimum Gasteiger partial charge on any atom is -0.497 e. The fourth-order valence-electron chi connectivity index (χ4n) is 1.93. The molecule has 0 amide bonds. The van der Waals surface area contributed by atoms with Crippen LogP contribution in [0.25, 0.3) is 0 Å². The number of aromatic nitrogens is 2. The van der Waals surface area contributed by atoms with Crippen LogP contribution in [0.4, 0.5) is 5.69 Å². The lowest BCUT2D eigenvalue weighted by Gasteiger charge is -2.10. The maximum Gasteiger partial charge on any atom is 0.124 e. The highest BCUT2D eigenvalue weighted by Crippen LogP contribution is 2.26. The maximum atomic E-state index is 5.24. The molecule has 0 atom stereocenters. The molecule has 0 saturated carbocycles. The molecule has 0 radical (unpaired) electrons. The summed E-state index contributed by atoms with van der Waals surface area (Å²) in [7, 11) is 5.22. The summed E-state index contributed by atoms with van der Waals surface area (Å²) in [6.07, 6.45) is 0. The zero-order valence-corrected chi connectivity index (χ0v) is 11.7. The van der Waals surface area contributed by atoms with Crippen LogP contribution in [-0.2, 0) is 13.6 Å². The Hall–Kier alpha value is -2.17. The van der Waals surface area contributed by atoms with E-state index in [-0.39, 0.29) is 0 Å². The third-order valence-electron chi connectivity index (χ3n) is 2.92. The highest BCUT2D eigenvalue weighted by atomic mass is 16.5. The molecule has 102 valence electrons. The van der Waals surface area contributed by atoms with Crippen molar-refractivity contribution in [1.29, 1.82) is 0 Å². The van der Waals surface area contributed by atoms with Crippen molar-refractivity contribution in [2.75, 3.05) is 19.5 Å². The molecule has 0 spiro atoms. The van der Waals surface area contributed by atoms with Gasteiger partial charge in [-0.05, 0) is 13.0 Å². The Bertz CT molecular complexity index is 542.